The minimum Gasteiger partial charge on any atom is -0.375 e. The Labute approximate surface area is 212 Å². The predicted octanol–water partition coefficient (Wildman–Crippen LogP) is 3.53. The Kier molecular flexibility index (Phi) is 7.23. The van der Waals surface area contributed by atoms with Gasteiger partial charge in [0.05, 0.1) is 6.54 Å². The first kappa shape index (κ1) is 24.9. The van der Waals surface area contributed by atoms with Crippen molar-refractivity contribution in [3.8, 4) is 0 Å². The van der Waals surface area contributed by atoms with Crippen molar-refractivity contribution in [2.75, 3.05) is 13.1 Å². The Hall–Kier alpha value is -3.23. The second kappa shape index (κ2) is 10.2. The Morgan fingerprint density at radius 2 is 1.91 bits per heavy atom. The van der Waals surface area contributed by atoms with Gasteiger partial charge in [-0.1, -0.05) is 52.8 Å². The number of aliphatic hydroxyl groups is 1. The fourth-order valence-electron chi connectivity index (χ4n) is 4.45. The van der Waals surface area contributed by atoms with Crippen molar-refractivity contribution in [3.63, 3.8) is 0 Å². The fraction of sp³-hybridized carbons (Fsp3) is 0.296. The number of hydrogen-bond acceptors (Lipinski definition) is 4. The Morgan fingerprint density at radius 1 is 1.20 bits per heavy atom. The van der Waals surface area contributed by atoms with Gasteiger partial charge in [-0.25, -0.2) is 0 Å². The molecule has 2 amide bonds. The molecule has 7 nitrogen and oxygen atoms in total. The highest BCUT2D eigenvalue weighted by atomic mass is 79.9. The summed E-state index contributed by atoms with van der Waals surface area (Å²) in [4.78, 5) is 39.1. The van der Waals surface area contributed by atoms with E-state index in [0.29, 0.717) is 37.0 Å². The van der Waals surface area contributed by atoms with Crippen LogP contribution in [0.25, 0.3) is 10.9 Å². The standard InChI is InChI=1S/C27H28BrN3O4/c1-3-25(33)31-14-19(15-31)11-21(32)16-30-17-23(22-12-20(28)9-10-24(22)30)27(2,35)26(34)29-13-18-7-5-4-6-8-18/h3-10,12,17,19,35H,1,11,13-16H2,2H3,(H,29,34). The van der Waals surface area contributed by atoms with E-state index in [2.05, 4.69) is 27.8 Å². The van der Waals surface area contributed by atoms with E-state index in [4.69, 9.17) is 0 Å². The number of carbonyl (C=O) groups excluding carboxylic acids is 3. The monoisotopic (exact) mass is 537 g/mol. The molecule has 0 aliphatic carbocycles. The van der Waals surface area contributed by atoms with Crippen LogP contribution < -0.4 is 5.32 Å². The molecule has 1 unspecified atom stereocenters. The van der Waals surface area contributed by atoms with E-state index in [-0.39, 0.29) is 24.2 Å². The van der Waals surface area contributed by atoms with E-state index in [1.54, 1.807) is 15.7 Å². The third kappa shape index (κ3) is 5.39. The molecule has 1 aliphatic rings. The number of nitrogens with zero attached hydrogens (tertiary/aromatic N) is 2. The smallest absolute Gasteiger partial charge is 0.256 e. The molecule has 2 aromatic carbocycles. The molecule has 1 saturated heterocycles. The number of Topliss-reactive ketones (excluding diaryl/α,β-unsaturated/α-hetero) is 1. The first-order chi connectivity index (χ1) is 16.7. The molecule has 8 heteroatoms. The van der Waals surface area contributed by atoms with Crippen LogP contribution in [0.1, 0.15) is 24.5 Å². The lowest BCUT2D eigenvalue weighted by Crippen LogP contribution is -2.50. The number of rotatable bonds is 9. The van der Waals surface area contributed by atoms with Crippen LogP contribution in [0.3, 0.4) is 0 Å². The highest BCUT2D eigenvalue weighted by molar-refractivity contribution is 9.10. The molecule has 1 aliphatic heterocycles. The SMILES string of the molecule is C=CC(=O)N1CC(CC(=O)Cn2cc(C(C)(O)C(=O)NCc3ccccc3)c3cc(Br)ccc32)C1. The average Bonchev–Trinajstić information content (AvgIpc) is 3.17. The van der Waals surface area contributed by atoms with Gasteiger partial charge in [0, 0.05) is 59.1 Å². The van der Waals surface area contributed by atoms with Crippen LogP contribution in [-0.4, -0.2) is 45.3 Å². The predicted molar refractivity (Wildman–Crippen MR) is 137 cm³/mol. The highest BCUT2D eigenvalue weighted by Gasteiger charge is 2.36. The Balaban J connectivity index is 1.51. The number of halogens is 1. The summed E-state index contributed by atoms with van der Waals surface area (Å²) in [5.41, 5.74) is 0.307. The van der Waals surface area contributed by atoms with Crippen LogP contribution in [0.4, 0.5) is 0 Å². The van der Waals surface area contributed by atoms with Crippen LogP contribution in [0.5, 0.6) is 0 Å². The van der Waals surface area contributed by atoms with Crippen LogP contribution in [-0.2, 0) is 33.1 Å². The lowest BCUT2D eigenvalue weighted by atomic mass is 9.94. The molecule has 1 fully saturated rings. The second-order valence-corrected chi connectivity index (χ2v) is 10.0. The van der Waals surface area contributed by atoms with E-state index >= 15 is 0 Å². The maximum atomic E-state index is 13.0. The molecular formula is C27H28BrN3O4. The van der Waals surface area contributed by atoms with Gasteiger partial charge in [0.1, 0.15) is 0 Å². The molecule has 182 valence electrons. The zero-order valence-electron chi connectivity index (χ0n) is 19.5. The van der Waals surface area contributed by atoms with Gasteiger partial charge in [-0.15, -0.1) is 0 Å². The lowest BCUT2D eigenvalue weighted by molar-refractivity contribution is -0.139. The topological polar surface area (TPSA) is 91.6 Å². The summed E-state index contributed by atoms with van der Waals surface area (Å²) in [6.45, 7) is 6.47. The average molecular weight is 538 g/mol. The van der Waals surface area contributed by atoms with Gasteiger partial charge in [-0.05, 0) is 36.8 Å². The van der Waals surface area contributed by atoms with Crippen LogP contribution in [0, 0.1) is 5.92 Å². The summed E-state index contributed by atoms with van der Waals surface area (Å²) in [7, 11) is 0. The Morgan fingerprint density at radius 3 is 2.60 bits per heavy atom. The zero-order chi connectivity index (χ0) is 25.2. The molecule has 3 aromatic rings. The van der Waals surface area contributed by atoms with Crippen LogP contribution in [0.2, 0.25) is 0 Å². The van der Waals surface area contributed by atoms with Gasteiger partial charge >= 0.3 is 0 Å². The molecule has 0 saturated carbocycles. The number of nitrogens with one attached hydrogen (secondary N) is 1. The van der Waals surface area contributed by atoms with Crippen molar-refractivity contribution >= 4 is 44.4 Å². The molecule has 35 heavy (non-hydrogen) atoms. The molecule has 1 atom stereocenters. The van der Waals surface area contributed by atoms with Gasteiger partial charge in [0.15, 0.2) is 11.4 Å². The largest absolute Gasteiger partial charge is 0.375 e. The maximum absolute atomic E-state index is 13.0. The number of likely N-dealkylation sites (tertiary alicyclic amines) is 1. The summed E-state index contributed by atoms with van der Waals surface area (Å²) in [6.07, 6.45) is 3.33. The van der Waals surface area contributed by atoms with Crippen molar-refractivity contribution in [1.82, 2.24) is 14.8 Å². The van der Waals surface area contributed by atoms with Crippen LogP contribution in [0.15, 0.2) is 71.9 Å². The zero-order valence-corrected chi connectivity index (χ0v) is 21.1. The number of carbonyl (C=O) groups is 3. The van der Waals surface area contributed by atoms with Crippen LogP contribution >= 0.6 is 15.9 Å². The van der Waals surface area contributed by atoms with Crippen molar-refractivity contribution in [3.05, 3.63) is 83.0 Å². The number of aromatic nitrogens is 1. The fourth-order valence-corrected chi connectivity index (χ4v) is 4.81. The number of hydrogen-bond donors (Lipinski definition) is 2. The summed E-state index contributed by atoms with van der Waals surface area (Å²) < 4.78 is 2.58. The van der Waals surface area contributed by atoms with Crippen molar-refractivity contribution in [2.45, 2.75) is 32.0 Å². The molecule has 4 rings (SSSR count). The van der Waals surface area contributed by atoms with E-state index < -0.39 is 11.5 Å². The second-order valence-electron chi connectivity index (χ2n) is 9.13. The summed E-state index contributed by atoms with van der Waals surface area (Å²) in [5, 5.41) is 14.8. The minimum absolute atomic E-state index is 0.0280. The van der Waals surface area contributed by atoms with E-state index in [0.717, 1.165) is 15.6 Å². The summed E-state index contributed by atoms with van der Waals surface area (Å²) >= 11 is 3.47. The number of fused-ring (bicyclic) bond motifs is 1. The maximum Gasteiger partial charge on any atom is 0.256 e. The van der Waals surface area contributed by atoms with E-state index in [1.807, 2.05) is 48.5 Å². The minimum atomic E-state index is -1.80. The number of amides is 2. The molecule has 0 radical (unpaired) electrons. The summed E-state index contributed by atoms with van der Waals surface area (Å²) in [5.74, 6) is -0.477. The number of benzene rings is 2. The van der Waals surface area contributed by atoms with Gasteiger partial charge in [0.2, 0.25) is 5.91 Å². The summed E-state index contributed by atoms with van der Waals surface area (Å²) in [6, 6.07) is 15.0. The molecule has 2 heterocycles. The first-order valence-electron chi connectivity index (χ1n) is 11.5. The third-order valence-corrected chi connectivity index (χ3v) is 6.91. The molecule has 1 aromatic heterocycles. The normalized spacial score (nSPS) is 15.3. The van der Waals surface area contributed by atoms with Gasteiger partial charge < -0.3 is 19.9 Å². The van der Waals surface area contributed by atoms with Crippen molar-refractivity contribution in [2.24, 2.45) is 5.92 Å². The van der Waals surface area contributed by atoms with Gasteiger partial charge in [-0.2, -0.15) is 0 Å². The molecule has 0 spiro atoms. The van der Waals surface area contributed by atoms with E-state index in [9.17, 15) is 19.5 Å². The molecule has 0 bridgehead atoms. The van der Waals surface area contributed by atoms with Crippen molar-refractivity contribution in [1.29, 1.82) is 0 Å². The molecule has 2 N–H and O–H groups in total. The van der Waals surface area contributed by atoms with Gasteiger partial charge in [0.25, 0.3) is 5.91 Å². The van der Waals surface area contributed by atoms with Crippen molar-refractivity contribution < 1.29 is 19.5 Å². The quantitative estimate of drug-likeness (QED) is 0.408. The third-order valence-electron chi connectivity index (χ3n) is 6.41. The first-order valence-corrected chi connectivity index (χ1v) is 12.2. The van der Waals surface area contributed by atoms with Gasteiger partial charge in [-0.3, -0.25) is 14.4 Å². The number of ketones is 1. The Bertz CT molecular complexity index is 1280. The van der Waals surface area contributed by atoms with E-state index in [1.165, 1.54) is 13.0 Å². The lowest BCUT2D eigenvalue weighted by Gasteiger charge is -2.38. The molecular weight excluding hydrogens is 510 g/mol. The highest BCUT2D eigenvalue weighted by Crippen LogP contribution is 2.33.